The van der Waals surface area contributed by atoms with Gasteiger partial charge in [0.2, 0.25) is 10.0 Å². The van der Waals surface area contributed by atoms with Crippen LogP contribution in [0.4, 0.5) is 0 Å². The molecule has 1 heterocycles. The van der Waals surface area contributed by atoms with Crippen LogP contribution in [-0.4, -0.2) is 55.0 Å². The second-order valence-corrected chi connectivity index (χ2v) is 10.5. The van der Waals surface area contributed by atoms with E-state index in [9.17, 15) is 13.7 Å². The van der Waals surface area contributed by atoms with E-state index in [0.29, 0.717) is 37.0 Å². The molecule has 3 rings (SSSR count). The monoisotopic (exact) mass is 472 g/mol. The van der Waals surface area contributed by atoms with Crippen LogP contribution in [0.15, 0.2) is 41.3 Å². The van der Waals surface area contributed by atoms with Crippen molar-refractivity contribution >= 4 is 27.4 Å². The van der Waals surface area contributed by atoms with Gasteiger partial charge in [0, 0.05) is 32.2 Å². The van der Waals surface area contributed by atoms with E-state index in [2.05, 4.69) is 5.32 Å². The Kier molecular flexibility index (Phi) is 7.39. The molecule has 0 aromatic heterocycles. The van der Waals surface area contributed by atoms with E-state index in [1.54, 1.807) is 12.1 Å². The van der Waals surface area contributed by atoms with Crippen LogP contribution in [0, 0.1) is 25.2 Å². The van der Waals surface area contributed by atoms with Crippen LogP contribution >= 0.6 is 12.2 Å². The van der Waals surface area contributed by atoms with Crippen LogP contribution in [0.2, 0.25) is 0 Å². The van der Waals surface area contributed by atoms with Crippen molar-refractivity contribution < 1.29 is 13.2 Å². The van der Waals surface area contributed by atoms with Crippen molar-refractivity contribution in [1.82, 2.24) is 14.5 Å². The molecule has 0 amide bonds. The van der Waals surface area contributed by atoms with Gasteiger partial charge in [-0.15, -0.1) is 0 Å². The number of nitriles is 1. The molecule has 0 bridgehead atoms. The molecular weight excluding hydrogens is 444 g/mol. The Morgan fingerprint density at radius 3 is 2.28 bits per heavy atom. The van der Waals surface area contributed by atoms with Crippen LogP contribution in [0.3, 0.4) is 0 Å². The normalized spacial score (nSPS) is 14.8. The SMILES string of the molecule is Cc1cc(C)cc(Oc2ccc(C#N)cc2S(=O)(=O)N2CCN(C(=S)NC(C)C)CC2)c1. The van der Waals surface area contributed by atoms with Crippen LogP contribution in [0.25, 0.3) is 0 Å². The average molecular weight is 473 g/mol. The van der Waals surface area contributed by atoms with Gasteiger partial charge in [0.15, 0.2) is 5.11 Å². The molecule has 32 heavy (non-hydrogen) atoms. The minimum Gasteiger partial charge on any atom is -0.456 e. The third-order valence-electron chi connectivity index (χ3n) is 5.05. The van der Waals surface area contributed by atoms with Crippen LogP contribution in [0.1, 0.15) is 30.5 Å². The maximum atomic E-state index is 13.5. The number of benzene rings is 2. The second-order valence-electron chi connectivity index (χ2n) is 8.19. The highest BCUT2D eigenvalue weighted by Crippen LogP contribution is 2.33. The number of hydrogen-bond donors (Lipinski definition) is 1. The third-order valence-corrected chi connectivity index (χ3v) is 7.35. The maximum Gasteiger partial charge on any atom is 0.246 e. The lowest BCUT2D eigenvalue weighted by Gasteiger charge is -2.36. The first kappa shape index (κ1) is 24.0. The summed E-state index contributed by atoms with van der Waals surface area (Å²) in [6.07, 6.45) is 0. The second kappa shape index (κ2) is 9.86. The van der Waals surface area contributed by atoms with Crippen LogP contribution in [0.5, 0.6) is 11.5 Å². The first-order valence-corrected chi connectivity index (χ1v) is 12.3. The number of piperazine rings is 1. The summed E-state index contributed by atoms with van der Waals surface area (Å²) in [5.74, 6) is 0.756. The summed E-state index contributed by atoms with van der Waals surface area (Å²) in [5.41, 5.74) is 2.29. The Bertz CT molecular complexity index is 1130. The van der Waals surface area contributed by atoms with E-state index < -0.39 is 10.0 Å². The molecule has 2 aromatic rings. The largest absolute Gasteiger partial charge is 0.456 e. The Morgan fingerprint density at radius 2 is 1.72 bits per heavy atom. The number of nitrogens with one attached hydrogen (secondary N) is 1. The molecule has 7 nitrogen and oxygen atoms in total. The van der Waals surface area contributed by atoms with Gasteiger partial charge in [-0.3, -0.25) is 0 Å². The number of nitrogens with zero attached hydrogens (tertiary/aromatic N) is 3. The Hall–Kier alpha value is -2.67. The molecule has 0 spiro atoms. The molecule has 0 unspecified atom stereocenters. The van der Waals surface area contributed by atoms with Gasteiger partial charge in [-0.2, -0.15) is 9.57 Å². The zero-order valence-corrected chi connectivity index (χ0v) is 20.4. The van der Waals surface area contributed by atoms with Crippen LogP contribution < -0.4 is 10.1 Å². The van der Waals surface area contributed by atoms with Gasteiger partial charge < -0.3 is 15.0 Å². The zero-order valence-electron chi connectivity index (χ0n) is 18.8. The van der Waals surface area contributed by atoms with E-state index in [1.165, 1.54) is 10.4 Å². The van der Waals surface area contributed by atoms with Gasteiger partial charge in [-0.1, -0.05) is 6.07 Å². The lowest BCUT2D eigenvalue weighted by atomic mass is 10.1. The van der Waals surface area contributed by atoms with E-state index in [0.717, 1.165) is 11.1 Å². The van der Waals surface area contributed by atoms with Crippen molar-refractivity contribution in [2.45, 2.75) is 38.6 Å². The molecule has 9 heteroatoms. The summed E-state index contributed by atoms with van der Waals surface area (Å²) in [5, 5.41) is 13.2. The van der Waals surface area contributed by atoms with Gasteiger partial charge in [0.25, 0.3) is 0 Å². The van der Waals surface area contributed by atoms with Crippen LogP contribution in [-0.2, 0) is 10.0 Å². The molecule has 2 aromatic carbocycles. The summed E-state index contributed by atoms with van der Waals surface area (Å²) >= 11 is 5.41. The molecular formula is C23H28N4O3S2. The fourth-order valence-electron chi connectivity index (χ4n) is 3.59. The summed E-state index contributed by atoms with van der Waals surface area (Å²) in [6.45, 7) is 9.48. The molecule has 0 aliphatic carbocycles. The summed E-state index contributed by atoms with van der Waals surface area (Å²) in [4.78, 5) is 1.96. The number of sulfonamides is 1. The first-order valence-electron chi connectivity index (χ1n) is 10.5. The molecule has 0 atom stereocenters. The van der Waals surface area contributed by atoms with Gasteiger partial charge in [0.05, 0.1) is 11.6 Å². The van der Waals surface area contributed by atoms with Crippen molar-refractivity contribution in [2.75, 3.05) is 26.2 Å². The first-order chi connectivity index (χ1) is 15.1. The highest BCUT2D eigenvalue weighted by molar-refractivity contribution is 7.89. The predicted octanol–water partition coefficient (Wildman–Crippen LogP) is 3.56. The smallest absolute Gasteiger partial charge is 0.246 e. The minimum atomic E-state index is -3.87. The Labute approximate surface area is 195 Å². The van der Waals surface area contributed by atoms with Crippen molar-refractivity contribution in [2.24, 2.45) is 0 Å². The zero-order chi connectivity index (χ0) is 23.5. The Morgan fingerprint density at radius 1 is 1.09 bits per heavy atom. The van der Waals surface area contributed by atoms with Gasteiger partial charge >= 0.3 is 0 Å². The quantitative estimate of drug-likeness (QED) is 0.666. The van der Waals surface area contributed by atoms with E-state index >= 15 is 0 Å². The highest BCUT2D eigenvalue weighted by atomic mass is 32.2. The number of rotatable bonds is 5. The third kappa shape index (κ3) is 5.57. The van der Waals surface area contributed by atoms with Gasteiger partial charge in [0.1, 0.15) is 16.4 Å². The van der Waals surface area contributed by atoms with Crippen molar-refractivity contribution in [1.29, 1.82) is 5.26 Å². The Balaban J connectivity index is 1.87. The predicted molar refractivity (Wildman–Crippen MR) is 128 cm³/mol. The summed E-state index contributed by atoms with van der Waals surface area (Å²) < 4.78 is 34.5. The topological polar surface area (TPSA) is 85.7 Å². The number of hydrogen-bond acceptors (Lipinski definition) is 5. The fraction of sp³-hybridized carbons (Fsp3) is 0.391. The summed E-state index contributed by atoms with van der Waals surface area (Å²) in [6, 6.07) is 12.4. The lowest BCUT2D eigenvalue weighted by molar-refractivity contribution is 0.262. The molecule has 1 aliphatic heterocycles. The number of ether oxygens (including phenoxy) is 1. The molecule has 170 valence electrons. The highest BCUT2D eigenvalue weighted by Gasteiger charge is 2.32. The van der Waals surface area contributed by atoms with Crippen molar-refractivity contribution in [3.63, 3.8) is 0 Å². The van der Waals surface area contributed by atoms with Gasteiger partial charge in [-0.05, 0) is 81.4 Å². The van der Waals surface area contributed by atoms with E-state index in [-0.39, 0.29) is 22.3 Å². The van der Waals surface area contributed by atoms with Crippen molar-refractivity contribution in [3.05, 3.63) is 53.1 Å². The van der Waals surface area contributed by atoms with Gasteiger partial charge in [-0.25, -0.2) is 8.42 Å². The van der Waals surface area contributed by atoms with Crippen molar-refractivity contribution in [3.8, 4) is 17.6 Å². The number of aryl methyl sites for hydroxylation is 2. The lowest BCUT2D eigenvalue weighted by Crippen LogP contribution is -2.53. The molecule has 1 fully saturated rings. The fourth-order valence-corrected chi connectivity index (χ4v) is 5.57. The van der Waals surface area contributed by atoms with E-state index in [1.807, 2.05) is 56.9 Å². The molecule has 1 saturated heterocycles. The summed E-state index contributed by atoms with van der Waals surface area (Å²) in [7, 11) is -3.87. The molecule has 1 N–H and O–H groups in total. The minimum absolute atomic E-state index is 0.00737. The molecule has 0 radical (unpaired) electrons. The number of thiocarbonyl (C=S) groups is 1. The maximum absolute atomic E-state index is 13.5. The average Bonchev–Trinajstić information content (AvgIpc) is 2.73. The van der Waals surface area contributed by atoms with E-state index in [4.69, 9.17) is 17.0 Å². The molecule has 1 aliphatic rings. The standard InChI is InChI=1S/C23H28N4O3S2/c1-16(2)25-23(31)26-7-9-27(10-8-26)32(28,29)22-14-19(15-24)5-6-21(22)30-20-12-17(3)11-18(4)13-20/h5-6,11-14,16H,7-10H2,1-4H3,(H,25,31). The molecule has 0 saturated carbocycles.